The van der Waals surface area contributed by atoms with E-state index in [-0.39, 0.29) is 18.7 Å². The highest BCUT2D eigenvalue weighted by atomic mass is 32.2. The summed E-state index contributed by atoms with van der Waals surface area (Å²) in [5, 5.41) is 0. The van der Waals surface area contributed by atoms with E-state index >= 15 is 0 Å². The van der Waals surface area contributed by atoms with Gasteiger partial charge in [0.2, 0.25) is 0 Å². The number of alkyl halides is 1. The Morgan fingerprint density at radius 1 is 1.38 bits per heavy atom. The predicted octanol–water partition coefficient (Wildman–Crippen LogP) is 0.888. The molecule has 0 spiro atoms. The fourth-order valence-corrected chi connectivity index (χ4v) is 1.88. The van der Waals surface area contributed by atoms with E-state index in [1.54, 1.807) is 0 Å². The Kier molecular flexibility index (Phi) is 4.85. The molecule has 0 saturated heterocycles. The van der Waals surface area contributed by atoms with Crippen LogP contribution in [0, 0.1) is 0 Å². The number of hydrogen-bond acceptors (Lipinski definition) is 3. The van der Waals surface area contributed by atoms with Crippen LogP contribution >= 0.6 is 0 Å². The van der Waals surface area contributed by atoms with E-state index in [4.69, 9.17) is 5.73 Å². The number of hydrogen-bond donors (Lipinski definition) is 1. The lowest BCUT2D eigenvalue weighted by Crippen LogP contribution is -2.34. The molecule has 1 atom stereocenters. The molecule has 0 aliphatic heterocycles. The Labute approximate surface area is 79.4 Å². The lowest BCUT2D eigenvalue weighted by Gasteiger charge is -2.22. The minimum atomic E-state index is -3.08. The molecule has 0 bridgehead atoms. The number of sulfone groups is 1. The molecule has 0 amide bonds. The van der Waals surface area contributed by atoms with Gasteiger partial charge in [0.05, 0.1) is 5.75 Å². The average molecular weight is 211 g/mol. The van der Waals surface area contributed by atoms with Crippen molar-refractivity contribution in [3.05, 3.63) is 0 Å². The molecule has 0 radical (unpaired) electrons. The molecule has 0 aromatic heterocycles. The molecule has 0 aliphatic rings. The molecule has 2 N–H and O–H groups in total. The van der Waals surface area contributed by atoms with E-state index in [1.165, 1.54) is 0 Å². The third-order valence-corrected chi connectivity index (χ3v) is 2.93. The number of rotatable bonds is 6. The van der Waals surface area contributed by atoms with Gasteiger partial charge in [-0.3, -0.25) is 0 Å². The van der Waals surface area contributed by atoms with Crippen molar-refractivity contribution in [2.45, 2.75) is 31.9 Å². The summed E-state index contributed by atoms with van der Waals surface area (Å²) in [5.74, 6) is -0.124. The van der Waals surface area contributed by atoms with Gasteiger partial charge in [0, 0.05) is 12.8 Å². The minimum Gasteiger partial charge on any atom is -0.328 e. The quantitative estimate of drug-likeness (QED) is 0.709. The van der Waals surface area contributed by atoms with Gasteiger partial charge in [-0.25, -0.2) is 12.8 Å². The molecule has 3 nitrogen and oxygen atoms in total. The van der Waals surface area contributed by atoms with Gasteiger partial charge in [0.1, 0.15) is 15.5 Å². The van der Waals surface area contributed by atoms with Crippen LogP contribution in [0.2, 0.25) is 0 Å². The van der Waals surface area contributed by atoms with Crippen molar-refractivity contribution in [2.75, 3.05) is 18.6 Å². The first-order valence-electron chi connectivity index (χ1n) is 4.40. The Morgan fingerprint density at radius 3 is 2.23 bits per heavy atom. The van der Waals surface area contributed by atoms with Gasteiger partial charge in [-0.2, -0.15) is 0 Å². The van der Waals surface area contributed by atoms with Gasteiger partial charge in [-0.05, 0) is 12.8 Å². The molecule has 1 unspecified atom stereocenters. The fraction of sp³-hybridized carbons (Fsp3) is 1.00. The van der Waals surface area contributed by atoms with Crippen molar-refractivity contribution in [3.63, 3.8) is 0 Å². The first kappa shape index (κ1) is 12.8. The first-order valence-corrected chi connectivity index (χ1v) is 6.46. The summed E-state index contributed by atoms with van der Waals surface area (Å²) in [6.07, 6.45) is 2.13. The second-order valence-corrected chi connectivity index (χ2v) is 5.74. The molecule has 5 heteroatoms. The van der Waals surface area contributed by atoms with Crippen molar-refractivity contribution in [3.8, 4) is 0 Å². The molecule has 0 aliphatic carbocycles. The van der Waals surface area contributed by atoms with Crippen LogP contribution < -0.4 is 5.73 Å². The summed E-state index contributed by atoms with van der Waals surface area (Å²) in [6, 6.07) is 0. The molecule has 13 heavy (non-hydrogen) atoms. The van der Waals surface area contributed by atoms with Crippen molar-refractivity contribution in [1.82, 2.24) is 0 Å². The van der Waals surface area contributed by atoms with Crippen molar-refractivity contribution >= 4 is 9.84 Å². The molecule has 0 rings (SSSR count). The van der Waals surface area contributed by atoms with Crippen LogP contribution in [0.3, 0.4) is 0 Å². The summed E-state index contributed by atoms with van der Waals surface area (Å²) in [6.45, 7) is 1.75. The maximum Gasteiger partial charge on any atom is 0.147 e. The topological polar surface area (TPSA) is 60.2 Å². The molecular formula is C8H18FNO2S. The van der Waals surface area contributed by atoms with Gasteiger partial charge in [0.15, 0.2) is 0 Å². The summed E-state index contributed by atoms with van der Waals surface area (Å²) in [7, 11) is -3.08. The summed E-state index contributed by atoms with van der Waals surface area (Å²) in [5.41, 5.74) is 3.75. The Morgan fingerprint density at radius 2 is 1.92 bits per heavy atom. The van der Waals surface area contributed by atoms with Crippen molar-refractivity contribution in [1.29, 1.82) is 0 Å². The summed E-state index contributed by atoms with van der Waals surface area (Å²) < 4.78 is 35.2. The Balaban J connectivity index is 4.13. The van der Waals surface area contributed by atoms with Gasteiger partial charge < -0.3 is 5.73 Å². The van der Waals surface area contributed by atoms with E-state index in [2.05, 4.69) is 0 Å². The standard InChI is InChI=1S/C8H18FNO2S/c1-3-4-8(9,7-10)5-6-13(2,11)12/h3-7,10H2,1-2H3. The van der Waals surface area contributed by atoms with E-state index in [1.807, 2.05) is 6.92 Å². The maximum atomic E-state index is 13.7. The SMILES string of the molecule is CCCC(F)(CN)CCS(C)(=O)=O. The molecule has 0 aromatic carbocycles. The summed E-state index contributed by atoms with van der Waals surface area (Å²) in [4.78, 5) is 0. The number of nitrogens with two attached hydrogens (primary N) is 1. The average Bonchev–Trinajstić information content (AvgIpc) is 2.01. The van der Waals surface area contributed by atoms with E-state index < -0.39 is 15.5 Å². The van der Waals surface area contributed by atoms with Gasteiger partial charge in [-0.1, -0.05) is 13.3 Å². The highest BCUT2D eigenvalue weighted by molar-refractivity contribution is 7.90. The van der Waals surface area contributed by atoms with E-state index in [0.717, 1.165) is 6.26 Å². The fourth-order valence-electron chi connectivity index (χ4n) is 1.15. The monoisotopic (exact) mass is 211 g/mol. The summed E-state index contributed by atoms with van der Waals surface area (Å²) >= 11 is 0. The molecular weight excluding hydrogens is 193 g/mol. The lowest BCUT2D eigenvalue weighted by atomic mass is 9.97. The Hall–Kier alpha value is -0.160. The smallest absolute Gasteiger partial charge is 0.147 e. The maximum absolute atomic E-state index is 13.7. The lowest BCUT2D eigenvalue weighted by molar-refractivity contribution is 0.153. The van der Waals surface area contributed by atoms with Crippen LogP contribution in [-0.4, -0.2) is 32.6 Å². The largest absolute Gasteiger partial charge is 0.328 e. The van der Waals surface area contributed by atoms with Crippen LogP contribution in [0.1, 0.15) is 26.2 Å². The van der Waals surface area contributed by atoms with Gasteiger partial charge >= 0.3 is 0 Å². The second kappa shape index (κ2) is 4.91. The predicted molar refractivity (Wildman–Crippen MR) is 52.1 cm³/mol. The number of halogens is 1. The van der Waals surface area contributed by atoms with Crippen molar-refractivity contribution in [2.24, 2.45) is 5.73 Å². The van der Waals surface area contributed by atoms with Crippen LogP contribution in [0.15, 0.2) is 0 Å². The Bertz CT molecular complexity index is 241. The molecule has 80 valence electrons. The minimum absolute atomic E-state index is 0.0101. The third kappa shape index (κ3) is 5.99. The molecule has 0 saturated carbocycles. The zero-order valence-corrected chi connectivity index (χ0v) is 9.03. The zero-order chi connectivity index (χ0) is 10.5. The van der Waals surface area contributed by atoms with Crippen LogP contribution in [0.5, 0.6) is 0 Å². The zero-order valence-electron chi connectivity index (χ0n) is 8.22. The van der Waals surface area contributed by atoms with Crippen molar-refractivity contribution < 1.29 is 12.8 Å². The first-order chi connectivity index (χ1) is 5.83. The van der Waals surface area contributed by atoms with Crippen LogP contribution in [-0.2, 0) is 9.84 Å². The van der Waals surface area contributed by atoms with E-state index in [9.17, 15) is 12.8 Å². The third-order valence-electron chi connectivity index (χ3n) is 1.98. The van der Waals surface area contributed by atoms with Crippen LogP contribution in [0.4, 0.5) is 4.39 Å². The van der Waals surface area contributed by atoms with Crippen LogP contribution in [0.25, 0.3) is 0 Å². The van der Waals surface area contributed by atoms with Gasteiger partial charge in [-0.15, -0.1) is 0 Å². The molecule has 0 fully saturated rings. The highest BCUT2D eigenvalue weighted by Crippen LogP contribution is 2.21. The molecule has 0 heterocycles. The highest BCUT2D eigenvalue weighted by Gasteiger charge is 2.27. The van der Waals surface area contributed by atoms with Gasteiger partial charge in [0.25, 0.3) is 0 Å². The normalized spacial score (nSPS) is 16.9. The second-order valence-electron chi connectivity index (χ2n) is 3.48. The van der Waals surface area contributed by atoms with E-state index in [0.29, 0.717) is 12.8 Å². The molecule has 0 aromatic rings.